The quantitative estimate of drug-likeness (QED) is 0.296. The summed E-state index contributed by atoms with van der Waals surface area (Å²) in [7, 11) is 0. The van der Waals surface area contributed by atoms with E-state index >= 15 is 0 Å². The Labute approximate surface area is 363 Å². The second-order valence-corrected chi connectivity index (χ2v) is 16.7. The maximum absolute atomic E-state index is 12.4. The van der Waals surface area contributed by atoms with Crippen molar-refractivity contribution in [3.8, 4) is 23.7 Å². The lowest BCUT2D eigenvalue weighted by Crippen LogP contribution is -2.39. The summed E-state index contributed by atoms with van der Waals surface area (Å²) in [6, 6.07) is 9.60. The van der Waals surface area contributed by atoms with Crippen molar-refractivity contribution in [2.24, 2.45) is 11.8 Å². The Morgan fingerprint density at radius 3 is 1.29 bits per heavy atom. The Morgan fingerprint density at radius 2 is 0.982 bits per heavy atom. The summed E-state index contributed by atoms with van der Waals surface area (Å²) in [6.45, 7) is 16.3. The van der Waals surface area contributed by atoms with E-state index < -0.39 is 11.2 Å². The summed E-state index contributed by atoms with van der Waals surface area (Å²) in [4.78, 5) is 52.2. The van der Waals surface area contributed by atoms with Gasteiger partial charge in [0.15, 0.2) is 0 Å². The predicted molar refractivity (Wildman–Crippen MR) is 228 cm³/mol. The first-order chi connectivity index (χ1) is 25.1. The van der Waals surface area contributed by atoms with Gasteiger partial charge in [-0.15, -0.1) is 24.8 Å². The number of hydrogen-bond donors (Lipinski definition) is 2. The minimum absolute atomic E-state index is 0. The Morgan fingerprint density at radius 1 is 0.643 bits per heavy atom. The highest BCUT2D eigenvalue weighted by molar-refractivity contribution is 6.42. The monoisotopic (exact) mass is 892 g/mol. The number of carbonyl (C=O) groups is 4. The minimum atomic E-state index is -0.550. The predicted octanol–water partition coefficient (Wildman–Crippen LogP) is 9.06. The van der Waals surface area contributed by atoms with Gasteiger partial charge in [-0.3, -0.25) is 9.59 Å². The van der Waals surface area contributed by atoms with Gasteiger partial charge in [0.1, 0.15) is 11.2 Å². The molecule has 0 spiro atoms. The molecule has 0 bridgehead atoms. The molecule has 0 radical (unpaired) electrons. The van der Waals surface area contributed by atoms with Gasteiger partial charge in [-0.1, -0.05) is 70.1 Å². The van der Waals surface area contributed by atoms with E-state index in [2.05, 4.69) is 34.3 Å². The van der Waals surface area contributed by atoms with Crippen molar-refractivity contribution in [2.75, 3.05) is 26.2 Å². The van der Waals surface area contributed by atoms with Crippen LogP contribution in [-0.2, 0) is 19.1 Å². The molecule has 0 saturated carbocycles. The fraction of sp³-hybridized carbons (Fsp3) is 0.500. The highest BCUT2D eigenvalue weighted by Crippen LogP contribution is 2.24. The lowest BCUT2D eigenvalue weighted by atomic mass is 10.1. The maximum Gasteiger partial charge on any atom is 0.410 e. The third-order valence-corrected chi connectivity index (χ3v) is 9.32. The molecule has 4 amide bonds. The number of benzene rings is 2. The van der Waals surface area contributed by atoms with E-state index in [9.17, 15) is 19.2 Å². The van der Waals surface area contributed by atoms with Crippen LogP contribution in [0.1, 0.15) is 79.4 Å². The largest absolute Gasteiger partial charge is 0.444 e. The van der Waals surface area contributed by atoms with Gasteiger partial charge in [0.25, 0.3) is 0 Å². The standard InChI is InChI=1S/2C20H24Cl2N2O3.2ClH/c2*1-13(5-6-14-7-8-16(21)17(22)11-14)23-18(25)15-9-10-24(12-15)19(26)27-20(2,3)4;;/h2*7-8,11,13,15H,9-10,12H2,1-4H3,(H,23,25);2*1H/t13-,15?;;;/m0.../s1. The molecule has 4 atom stereocenters. The van der Waals surface area contributed by atoms with Gasteiger partial charge in [0.05, 0.1) is 44.0 Å². The number of hydrogen-bond acceptors (Lipinski definition) is 6. The molecule has 2 aromatic rings. The van der Waals surface area contributed by atoms with E-state index in [1.165, 1.54) is 0 Å². The third kappa shape index (κ3) is 17.5. The van der Waals surface area contributed by atoms with Gasteiger partial charge in [-0.2, -0.15) is 0 Å². The van der Waals surface area contributed by atoms with Crippen LogP contribution in [0.5, 0.6) is 0 Å². The topological polar surface area (TPSA) is 117 Å². The molecular weight excluding hydrogens is 845 g/mol. The SMILES string of the molecule is CC(C#Cc1ccc(Cl)c(Cl)c1)NC(=O)C1CCN(C(=O)OC(C)(C)C)C1.C[C@@H](C#Cc1ccc(Cl)c(Cl)c1)NC(=O)C1CCN(C(=O)OC(C)(C)C)C1.Cl.Cl. The highest BCUT2D eigenvalue weighted by atomic mass is 35.5. The third-order valence-electron chi connectivity index (χ3n) is 7.84. The summed E-state index contributed by atoms with van der Waals surface area (Å²) >= 11 is 23.7. The molecule has 2 heterocycles. The zero-order valence-corrected chi connectivity index (χ0v) is 37.3. The Balaban J connectivity index is 0.000000541. The fourth-order valence-corrected chi connectivity index (χ4v) is 5.79. The zero-order chi connectivity index (χ0) is 40.4. The van der Waals surface area contributed by atoms with Crippen molar-refractivity contribution in [3.05, 3.63) is 67.6 Å². The molecule has 3 unspecified atom stereocenters. The van der Waals surface area contributed by atoms with E-state index in [1.807, 2.05) is 55.4 Å². The molecule has 16 heteroatoms. The molecule has 0 aliphatic carbocycles. The average Bonchev–Trinajstić information content (AvgIpc) is 3.76. The van der Waals surface area contributed by atoms with Crippen LogP contribution in [0.3, 0.4) is 0 Å². The first kappa shape index (κ1) is 50.8. The van der Waals surface area contributed by atoms with E-state index in [1.54, 1.807) is 46.2 Å². The smallest absolute Gasteiger partial charge is 0.410 e. The molecule has 56 heavy (non-hydrogen) atoms. The van der Waals surface area contributed by atoms with Crippen molar-refractivity contribution >= 4 is 95.2 Å². The van der Waals surface area contributed by atoms with Crippen LogP contribution in [-0.4, -0.2) is 83.3 Å². The summed E-state index contributed by atoms with van der Waals surface area (Å²) in [6.07, 6.45) is 0.450. The highest BCUT2D eigenvalue weighted by Gasteiger charge is 2.35. The summed E-state index contributed by atoms with van der Waals surface area (Å²) in [5.74, 6) is 11.1. The van der Waals surface area contributed by atoms with Crippen LogP contribution in [0.4, 0.5) is 9.59 Å². The number of nitrogens with zero attached hydrogens (tertiary/aromatic N) is 2. The molecule has 2 aliphatic heterocycles. The van der Waals surface area contributed by atoms with Crippen LogP contribution in [0.2, 0.25) is 20.1 Å². The van der Waals surface area contributed by atoms with Crippen LogP contribution in [0, 0.1) is 35.5 Å². The van der Waals surface area contributed by atoms with Gasteiger partial charge < -0.3 is 29.9 Å². The number of carbonyl (C=O) groups excluding carboxylic acids is 4. The van der Waals surface area contributed by atoms with E-state index in [-0.39, 0.29) is 72.7 Å². The summed E-state index contributed by atoms with van der Waals surface area (Å²) < 4.78 is 10.7. The van der Waals surface area contributed by atoms with Crippen molar-refractivity contribution in [1.29, 1.82) is 0 Å². The second kappa shape index (κ2) is 22.6. The van der Waals surface area contributed by atoms with E-state index in [0.29, 0.717) is 59.1 Å². The number of nitrogens with one attached hydrogen (secondary N) is 2. The van der Waals surface area contributed by atoms with Gasteiger partial charge in [-0.25, -0.2) is 9.59 Å². The molecule has 2 saturated heterocycles. The van der Waals surface area contributed by atoms with Gasteiger partial charge in [0, 0.05) is 37.3 Å². The molecule has 4 rings (SSSR count). The lowest BCUT2D eigenvalue weighted by molar-refractivity contribution is -0.125. The normalized spacial score (nSPS) is 17.1. The van der Waals surface area contributed by atoms with Crippen molar-refractivity contribution in [1.82, 2.24) is 20.4 Å². The Kier molecular flexibility index (Phi) is 20.5. The van der Waals surface area contributed by atoms with Gasteiger partial charge in [0.2, 0.25) is 11.8 Å². The molecule has 2 aromatic carbocycles. The minimum Gasteiger partial charge on any atom is -0.444 e. The maximum atomic E-state index is 12.4. The van der Waals surface area contributed by atoms with E-state index in [0.717, 1.165) is 11.1 Å². The molecule has 10 nitrogen and oxygen atoms in total. The number of rotatable bonds is 4. The zero-order valence-electron chi connectivity index (χ0n) is 32.7. The first-order valence-corrected chi connectivity index (χ1v) is 19.1. The van der Waals surface area contributed by atoms with Crippen LogP contribution in [0.25, 0.3) is 0 Å². The van der Waals surface area contributed by atoms with Crippen molar-refractivity contribution in [3.63, 3.8) is 0 Å². The van der Waals surface area contributed by atoms with Gasteiger partial charge in [-0.05, 0) is 105 Å². The number of amides is 4. The average molecular weight is 896 g/mol. The first-order valence-electron chi connectivity index (χ1n) is 17.6. The molecule has 0 aromatic heterocycles. The fourth-order valence-electron chi connectivity index (χ4n) is 5.20. The van der Waals surface area contributed by atoms with Crippen LogP contribution < -0.4 is 10.6 Å². The van der Waals surface area contributed by atoms with Crippen molar-refractivity contribution in [2.45, 2.75) is 91.5 Å². The molecule has 2 aliphatic rings. The van der Waals surface area contributed by atoms with Gasteiger partial charge >= 0.3 is 12.2 Å². The molecular formula is C40H50Cl6N4O6. The summed E-state index contributed by atoms with van der Waals surface area (Å²) in [5.41, 5.74) is 0.350. The Bertz CT molecular complexity index is 1690. The number of ether oxygens (including phenoxy) is 2. The molecule has 2 N–H and O–H groups in total. The molecule has 2 fully saturated rings. The van der Waals surface area contributed by atoms with Crippen molar-refractivity contribution < 1.29 is 28.7 Å². The van der Waals surface area contributed by atoms with E-state index in [4.69, 9.17) is 55.9 Å². The molecule has 308 valence electrons. The summed E-state index contributed by atoms with van der Waals surface area (Å²) in [5, 5.41) is 7.57. The van der Waals surface area contributed by atoms with Crippen LogP contribution in [0.15, 0.2) is 36.4 Å². The van der Waals surface area contributed by atoms with Crippen LogP contribution >= 0.6 is 71.2 Å². The number of likely N-dealkylation sites (tertiary alicyclic amines) is 2. The Hall–Kier alpha value is -3.22. The lowest BCUT2D eigenvalue weighted by Gasteiger charge is -2.24. The number of halogens is 6. The second-order valence-electron chi connectivity index (χ2n) is 15.1.